The van der Waals surface area contributed by atoms with E-state index in [-0.39, 0.29) is 6.04 Å². The largest absolute Gasteiger partial charge is 0.359 e. The number of para-hydroxylation sites is 3. The molecule has 1 unspecified atom stereocenters. The van der Waals surface area contributed by atoms with Gasteiger partial charge in [-0.3, -0.25) is 0 Å². The van der Waals surface area contributed by atoms with Crippen LogP contribution in [0.5, 0.6) is 0 Å². The lowest BCUT2D eigenvalue weighted by molar-refractivity contribution is 0.759. The van der Waals surface area contributed by atoms with Crippen LogP contribution in [0, 0.1) is 0 Å². The molecule has 7 aromatic carbocycles. The summed E-state index contributed by atoms with van der Waals surface area (Å²) < 4.78 is 4.77. The predicted molar refractivity (Wildman–Crippen MR) is 235 cm³/mol. The highest BCUT2D eigenvalue weighted by Crippen LogP contribution is 2.38. The molecule has 0 saturated carbocycles. The number of hydrogen-bond donors (Lipinski definition) is 1. The molecule has 1 aliphatic carbocycles. The fraction of sp³-hybridized carbons (Fsp3) is 0.0577. The van der Waals surface area contributed by atoms with Crippen LogP contribution in [-0.4, -0.2) is 21.0 Å². The van der Waals surface area contributed by atoms with Crippen molar-refractivity contribution in [3.05, 3.63) is 211 Å². The van der Waals surface area contributed by atoms with E-state index in [1.54, 1.807) is 0 Å². The number of rotatable bonds is 6. The summed E-state index contributed by atoms with van der Waals surface area (Å²) in [5.41, 5.74) is 14.1. The van der Waals surface area contributed by atoms with Crippen molar-refractivity contribution in [1.82, 2.24) is 14.5 Å². The van der Waals surface area contributed by atoms with E-state index in [0.717, 1.165) is 41.2 Å². The van der Waals surface area contributed by atoms with E-state index < -0.39 is 0 Å². The molecule has 1 aliphatic heterocycles. The molecular formula is C52H38N4. The van der Waals surface area contributed by atoms with Gasteiger partial charge in [-0.25, -0.2) is 4.99 Å². The zero-order chi connectivity index (χ0) is 37.0. The first-order valence-corrected chi connectivity index (χ1v) is 19.5. The summed E-state index contributed by atoms with van der Waals surface area (Å²) in [4.78, 5) is 5.16. The smallest absolute Gasteiger partial charge is 0.134 e. The van der Waals surface area contributed by atoms with Crippen LogP contribution in [0.2, 0.25) is 0 Å². The second kappa shape index (κ2) is 13.3. The van der Waals surface area contributed by atoms with E-state index in [4.69, 9.17) is 4.99 Å². The Bertz CT molecular complexity index is 3080. The Hall–Kier alpha value is -7.17. The average Bonchev–Trinajstić information content (AvgIpc) is 3.79. The lowest BCUT2D eigenvalue weighted by Gasteiger charge is -2.27. The summed E-state index contributed by atoms with van der Waals surface area (Å²) in [6.45, 7) is 0. The molecule has 0 radical (unpaired) electrons. The second-order valence-corrected chi connectivity index (χ2v) is 14.8. The highest BCUT2D eigenvalue weighted by Gasteiger charge is 2.22. The first kappa shape index (κ1) is 32.3. The average molecular weight is 719 g/mol. The minimum absolute atomic E-state index is 0.0945. The molecule has 1 N–H and O–H groups in total. The van der Waals surface area contributed by atoms with E-state index in [9.17, 15) is 0 Å². The van der Waals surface area contributed by atoms with Gasteiger partial charge in [-0.1, -0.05) is 127 Å². The lowest BCUT2D eigenvalue weighted by atomic mass is 9.94. The molecule has 0 saturated heterocycles. The number of fused-ring (bicyclic) bond motifs is 6. The molecule has 1 atom stereocenters. The van der Waals surface area contributed by atoms with E-state index in [2.05, 4.69) is 209 Å². The number of nitrogens with one attached hydrogen (secondary N) is 1. The summed E-state index contributed by atoms with van der Waals surface area (Å²) in [6.07, 6.45) is 11.1. The summed E-state index contributed by atoms with van der Waals surface area (Å²) in [5.74, 6) is 0.909. The van der Waals surface area contributed by atoms with Crippen LogP contribution < -0.4 is 5.32 Å². The van der Waals surface area contributed by atoms with Gasteiger partial charge in [0.1, 0.15) is 5.84 Å². The number of benzene rings is 7. The molecule has 0 fully saturated rings. The van der Waals surface area contributed by atoms with E-state index in [1.807, 2.05) is 0 Å². The third-order valence-electron chi connectivity index (χ3n) is 11.5. The van der Waals surface area contributed by atoms with Crippen LogP contribution in [0.4, 0.5) is 0 Å². The van der Waals surface area contributed by atoms with Crippen molar-refractivity contribution in [1.29, 1.82) is 0 Å². The molecule has 4 nitrogen and oxygen atoms in total. The molecule has 0 spiro atoms. The highest BCUT2D eigenvalue weighted by molar-refractivity contribution is 6.13. The van der Waals surface area contributed by atoms with Crippen LogP contribution in [0.15, 0.2) is 205 Å². The monoisotopic (exact) mass is 718 g/mol. The first-order valence-electron chi connectivity index (χ1n) is 19.5. The minimum atomic E-state index is 0.0945. The lowest BCUT2D eigenvalue weighted by Crippen LogP contribution is -2.38. The normalized spacial score (nSPS) is 15.6. The number of hydrogen-bond acceptors (Lipinski definition) is 2. The Balaban J connectivity index is 0.991. The van der Waals surface area contributed by atoms with Gasteiger partial charge in [-0.2, -0.15) is 0 Å². The zero-order valence-corrected chi connectivity index (χ0v) is 30.8. The van der Waals surface area contributed by atoms with E-state index in [1.165, 1.54) is 66.0 Å². The minimum Gasteiger partial charge on any atom is -0.359 e. The van der Waals surface area contributed by atoms with Gasteiger partial charge < -0.3 is 14.5 Å². The maximum absolute atomic E-state index is 5.16. The molecule has 2 aliphatic rings. The summed E-state index contributed by atoms with van der Waals surface area (Å²) in [5, 5.41) is 8.72. The predicted octanol–water partition coefficient (Wildman–Crippen LogP) is 12.6. The number of aromatic nitrogens is 2. The maximum atomic E-state index is 5.16. The van der Waals surface area contributed by atoms with E-state index in [0.29, 0.717) is 0 Å². The van der Waals surface area contributed by atoms with Crippen LogP contribution in [0.1, 0.15) is 24.0 Å². The highest BCUT2D eigenvalue weighted by atomic mass is 15.1. The number of aliphatic imine (C=N–C) groups is 1. The topological polar surface area (TPSA) is 34.2 Å². The molecule has 0 amide bonds. The van der Waals surface area contributed by atoms with Crippen molar-refractivity contribution >= 4 is 55.1 Å². The van der Waals surface area contributed by atoms with Gasteiger partial charge in [0, 0.05) is 44.0 Å². The molecule has 9 aromatic rings. The molecule has 3 heterocycles. The number of amidine groups is 1. The SMILES string of the molecule is C1=CCCC(C2C=C(c3ccc(-n4c5ccccc5c5cc(-c6ccc7c(c6)c6ccccc6n7-c6ccccc6)ccc54)cc3)N=C(c3ccccc3)N2)=C1. The molecule has 2 aromatic heterocycles. The van der Waals surface area contributed by atoms with Crippen molar-refractivity contribution in [2.24, 2.45) is 4.99 Å². The van der Waals surface area contributed by atoms with Crippen molar-refractivity contribution in [3.8, 4) is 22.5 Å². The van der Waals surface area contributed by atoms with Gasteiger partial charge in [0.25, 0.3) is 0 Å². The van der Waals surface area contributed by atoms with Gasteiger partial charge in [0.05, 0.1) is 33.8 Å². The van der Waals surface area contributed by atoms with Crippen molar-refractivity contribution < 1.29 is 0 Å². The summed E-state index contributed by atoms with van der Waals surface area (Å²) in [7, 11) is 0. The van der Waals surface area contributed by atoms with Gasteiger partial charge in [-0.05, 0) is 96.3 Å². The third-order valence-corrected chi connectivity index (χ3v) is 11.5. The Labute approximate surface area is 325 Å². The second-order valence-electron chi connectivity index (χ2n) is 14.8. The molecule has 4 heteroatoms. The van der Waals surface area contributed by atoms with Gasteiger partial charge >= 0.3 is 0 Å². The fourth-order valence-electron chi connectivity index (χ4n) is 8.74. The van der Waals surface area contributed by atoms with Crippen LogP contribution in [-0.2, 0) is 0 Å². The van der Waals surface area contributed by atoms with Crippen LogP contribution in [0.25, 0.3) is 71.8 Å². The van der Waals surface area contributed by atoms with E-state index >= 15 is 0 Å². The molecule has 266 valence electrons. The summed E-state index contributed by atoms with van der Waals surface area (Å²) in [6, 6.07) is 61.5. The number of nitrogens with zero attached hydrogens (tertiary/aromatic N) is 3. The summed E-state index contributed by atoms with van der Waals surface area (Å²) >= 11 is 0. The molecule has 11 rings (SSSR count). The van der Waals surface area contributed by atoms with Crippen molar-refractivity contribution in [2.45, 2.75) is 18.9 Å². The molecule has 0 bridgehead atoms. The number of allylic oxidation sites excluding steroid dienone is 3. The quantitative estimate of drug-likeness (QED) is 0.182. The maximum Gasteiger partial charge on any atom is 0.134 e. The molecule has 56 heavy (non-hydrogen) atoms. The third kappa shape index (κ3) is 5.41. The van der Waals surface area contributed by atoms with Crippen LogP contribution >= 0.6 is 0 Å². The van der Waals surface area contributed by atoms with Gasteiger partial charge in [0.2, 0.25) is 0 Å². The Morgan fingerprint density at radius 3 is 1.62 bits per heavy atom. The standard InChI is InChI=1S/C52H38N4/c1-4-14-35(15-5-1)46-34-47(54-52(53-46)37-16-6-2-7-17-37)36-24-28-41(29-25-36)56-49-23-13-11-21-43(49)45-33-39(27-31-51(45)56)38-26-30-50-44(32-38)42-20-10-12-22-48(42)55(50)40-18-8-3-9-19-40/h1-4,6-14,16-34,46H,5,15H2,(H,53,54). The molecular weight excluding hydrogens is 681 g/mol. The Morgan fingerprint density at radius 1 is 0.482 bits per heavy atom. The van der Waals surface area contributed by atoms with Crippen molar-refractivity contribution in [2.75, 3.05) is 0 Å². The van der Waals surface area contributed by atoms with Gasteiger partial charge in [0.15, 0.2) is 0 Å². The van der Waals surface area contributed by atoms with Crippen LogP contribution in [0.3, 0.4) is 0 Å². The van der Waals surface area contributed by atoms with Gasteiger partial charge in [-0.15, -0.1) is 0 Å². The first-order chi connectivity index (χ1) is 27.8. The Morgan fingerprint density at radius 2 is 1.02 bits per heavy atom. The fourth-order valence-corrected chi connectivity index (χ4v) is 8.74. The zero-order valence-electron chi connectivity index (χ0n) is 30.8. The van der Waals surface area contributed by atoms with Crippen molar-refractivity contribution in [3.63, 3.8) is 0 Å². The Kier molecular flexibility index (Phi) is 7.66.